The predicted molar refractivity (Wildman–Crippen MR) is 63.7 cm³/mol. The summed E-state index contributed by atoms with van der Waals surface area (Å²) in [6, 6.07) is 14.6. The third kappa shape index (κ3) is 1.80. The van der Waals surface area contributed by atoms with Crippen molar-refractivity contribution in [3.05, 3.63) is 54.1 Å². The first-order chi connectivity index (χ1) is 6.92. The summed E-state index contributed by atoms with van der Waals surface area (Å²) in [6.45, 7) is 0. The van der Waals surface area contributed by atoms with Gasteiger partial charge in [0.05, 0.1) is 0 Å². The number of rotatable bonds is 2. The molecule has 0 N–H and O–H groups in total. The van der Waals surface area contributed by atoms with Gasteiger partial charge in [-0.05, 0) is 16.3 Å². The molecular formula is C13H11Cl. The lowest BCUT2D eigenvalue weighted by atomic mass is 10.0. The number of benzene rings is 2. The van der Waals surface area contributed by atoms with Crippen LogP contribution in [0.25, 0.3) is 16.8 Å². The highest BCUT2D eigenvalue weighted by molar-refractivity contribution is 6.19. The Labute approximate surface area is 88.8 Å². The monoisotopic (exact) mass is 202 g/mol. The third-order valence-electron chi connectivity index (χ3n) is 2.21. The molecule has 0 fully saturated rings. The van der Waals surface area contributed by atoms with Crippen LogP contribution in [0, 0.1) is 0 Å². The van der Waals surface area contributed by atoms with Gasteiger partial charge in [-0.1, -0.05) is 54.6 Å². The lowest BCUT2D eigenvalue weighted by Crippen LogP contribution is -1.77. The van der Waals surface area contributed by atoms with Gasteiger partial charge in [-0.15, -0.1) is 11.6 Å². The van der Waals surface area contributed by atoms with Gasteiger partial charge in [0.2, 0.25) is 0 Å². The molecule has 0 aromatic heterocycles. The Kier molecular flexibility index (Phi) is 2.85. The van der Waals surface area contributed by atoms with Gasteiger partial charge in [-0.2, -0.15) is 0 Å². The fraction of sp³-hybridized carbons (Fsp3) is 0.0769. The quantitative estimate of drug-likeness (QED) is 0.644. The molecule has 0 unspecified atom stereocenters. The van der Waals surface area contributed by atoms with Crippen LogP contribution in [-0.4, -0.2) is 5.88 Å². The van der Waals surface area contributed by atoms with Crippen molar-refractivity contribution in [3.8, 4) is 0 Å². The summed E-state index contributed by atoms with van der Waals surface area (Å²) in [7, 11) is 0. The van der Waals surface area contributed by atoms with E-state index in [9.17, 15) is 0 Å². The average Bonchev–Trinajstić information content (AvgIpc) is 2.26. The first-order valence-electron chi connectivity index (χ1n) is 4.62. The summed E-state index contributed by atoms with van der Waals surface area (Å²) >= 11 is 5.62. The van der Waals surface area contributed by atoms with E-state index in [2.05, 4.69) is 48.5 Å². The first-order valence-corrected chi connectivity index (χ1v) is 5.15. The Bertz CT molecular complexity index is 452. The van der Waals surface area contributed by atoms with E-state index in [1.807, 2.05) is 6.08 Å². The van der Waals surface area contributed by atoms with Crippen LogP contribution in [0.1, 0.15) is 5.56 Å². The zero-order valence-corrected chi connectivity index (χ0v) is 8.54. The second kappa shape index (κ2) is 4.30. The van der Waals surface area contributed by atoms with Gasteiger partial charge in [-0.3, -0.25) is 0 Å². The van der Waals surface area contributed by atoms with Crippen LogP contribution in [0.15, 0.2) is 48.5 Å². The molecule has 14 heavy (non-hydrogen) atoms. The van der Waals surface area contributed by atoms with Gasteiger partial charge in [0.25, 0.3) is 0 Å². The predicted octanol–water partition coefficient (Wildman–Crippen LogP) is 4.09. The molecule has 2 aromatic rings. The lowest BCUT2D eigenvalue weighted by Gasteiger charge is -2.00. The summed E-state index contributed by atoms with van der Waals surface area (Å²) in [5, 5.41) is 2.54. The van der Waals surface area contributed by atoms with Gasteiger partial charge in [0.15, 0.2) is 0 Å². The molecule has 0 atom stereocenters. The Morgan fingerprint density at radius 2 is 1.79 bits per heavy atom. The second-order valence-electron chi connectivity index (χ2n) is 3.13. The van der Waals surface area contributed by atoms with Gasteiger partial charge in [0.1, 0.15) is 0 Å². The van der Waals surface area contributed by atoms with Crippen molar-refractivity contribution < 1.29 is 0 Å². The molecule has 0 bridgehead atoms. The smallest absolute Gasteiger partial charge is 0.0407 e. The molecule has 0 heterocycles. The van der Waals surface area contributed by atoms with Crippen LogP contribution in [-0.2, 0) is 0 Å². The maximum absolute atomic E-state index is 5.62. The first kappa shape index (κ1) is 9.29. The largest absolute Gasteiger partial charge is 0.122 e. The Morgan fingerprint density at radius 1 is 1.00 bits per heavy atom. The molecule has 70 valence electrons. The molecule has 0 radical (unpaired) electrons. The van der Waals surface area contributed by atoms with E-state index in [1.165, 1.54) is 16.3 Å². The van der Waals surface area contributed by atoms with Crippen LogP contribution < -0.4 is 0 Å². The highest BCUT2D eigenvalue weighted by Gasteiger charge is 1.94. The van der Waals surface area contributed by atoms with E-state index in [0.29, 0.717) is 5.88 Å². The van der Waals surface area contributed by atoms with Crippen molar-refractivity contribution in [1.29, 1.82) is 0 Å². The second-order valence-corrected chi connectivity index (χ2v) is 3.43. The van der Waals surface area contributed by atoms with E-state index in [4.69, 9.17) is 11.6 Å². The van der Waals surface area contributed by atoms with Crippen LogP contribution in [0.4, 0.5) is 0 Å². The van der Waals surface area contributed by atoms with Crippen LogP contribution in [0.5, 0.6) is 0 Å². The minimum atomic E-state index is 0.559. The standard InChI is InChI=1S/C13H11Cl/c14-10-4-8-12-7-3-6-11-5-1-2-9-13(11)12/h1-9H,10H2/b8-4+. The number of allylic oxidation sites excluding steroid dienone is 1. The third-order valence-corrected chi connectivity index (χ3v) is 2.39. The molecule has 2 rings (SSSR count). The molecule has 2 aromatic carbocycles. The van der Waals surface area contributed by atoms with Crippen molar-refractivity contribution in [2.24, 2.45) is 0 Å². The highest BCUT2D eigenvalue weighted by atomic mass is 35.5. The van der Waals surface area contributed by atoms with Gasteiger partial charge >= 0.3 is 0 Å². The number of hydrogen-bond acceptors (Lipinski definition) is 0. The summed E-state index contributed by atoms with van der Waals surface area (Å²) < 4.78 is 0. The number of alkyl halides is 1. The fourth-order valence-corrected chi connectivity index (χ4v) is 1.66. The fourth-order valence-electron chi connectivity index (χ4n) is 1.57. The zero-order chi connectivity index (χ0) is 9.80. The minimum absolute atomic E-state index is 0.559. The lowest BCUT2D eigenvalue weighted by molar-refractivity contribution is 1.69. The number of fused-ring (bicyclic) bond motifs is 1. The van der Waals surface area contributed by atoms with Crippen molar-refractivity contribution >= 4 is 28.4 Å². The molecular weight excluding hydrogens is 192 g/mol. The normalized spacial score (nSPS) is 11.2. The average molecular weight is 203 g/mol. The van der Waals surface area contributed by atoms with Gasteiger partial charge in [-0.25, -0.2) is 0 Å². The van der Waals surface area contributed by atoms with E-state index in [-0.39, 0.29) is 0 Å². The topological polar surface area (TPSA) is 0 Å². The van der Waals surface area contributed by atoms with Crippen LogP contribution >= 0.6 is 11.6 Å². The van der Waals surface area contributed by atoms with E-state index < -0.39 is 0 Å². The van der Waals surface area contributed by atoms with Gasteiger partial charge in [0, 0.05) is 5.88 Å². The molecule has 0 saturated heterocycles. The molecule has 0 aliphatic rings. The Hall–Kier alpha value is -1.27. The van der Waals surface area contributed by atoms with Crippen molar-refractivity contribution in [1.82, 2.24) is 0 Å². The summed E-state index contributed by atoms with van der Waals surface area (Å²) in [4.78, 5) is 0. The van der Waals surface area contributed by atoms with Crippen molar-refractivity contribution in [2.45, 2.75) is 0 Å². The highest BCUT2D eigenvalue weighted by Crippen LogP contribution is 2.19. The Morgan fingerprint density at radius 3 is 2.64 bits per heavy atom. The molecule has 0 aliphatic carbocycles. The molecule has 0 saturated carbocycles. The SMILES string of the molecule is ClC/C=C/c1cccc2ccccc12. The number of hydrogen-bond donors (Lipinski definition) is 0. The maximum Gasteiger partial charge on any atom is 0.0407 e. The number of halogens is 1. The van der Waals surface area contributed by atoms with Crippen LogP contribution in [0.3, 0.4) is 0 Å². The summed E-state index contributed by atoms with van der Waals surface area (Å²) in [5.41, 5.74) is 1.23. The van der Waals surface area contributed by atoms with E-state index in [1.54, 1.807) is 0 Å². The molecule has 0 nitrogen and oxygen atoms in total. The Balaban J connectivity index is 2.59. The minimum Gasteiger partial charge on any atom is -0.122 e. The zero-order valence-electron chi connectivity index (χ0n) is 7.78. The van der Waals surface area contributed by atoms with Crippen LogP contribution in [0.2, 0.25) is 0 Å². The summed E-state index contributed by atoms with van der Waals surface area (Å²) in [6.07, 6.45) is 4.03. The van der Waals surface area contributed by atoms with E-state index >= 15 is 0 Å². The molecule has 0 aliphatic heterocycles. The van der Waals surface area contributed by atoms with Crippen molar-refractivity contribution in [2.75, 3.05) is 5.88 Å². The molecule has 1 heteroatoms. The summed E-state index contributed by atoms with van der Waals surface area (Å²) in [5.74, 6) is 0.559. The molecule has 0 amide bonds. The molecule has 0 spiro atoms. The van der Waals surface area contributed by atoms with Gasteiger partial charge < -0.3 is 0 Å². The van der Waals surface area contributed by atoms with Crippen molar-refractivity contribution in [3.63, 3.8) is 0 Å². The maximum atomic E-state index is 5.62. The van der Waals surface area contributed by atoms with E-state index in [0.717, 1.165) is 0 Å².